The van der Waals surface area contributed by atoms with E-state index in [1.54, 1.807) is 102 Å². The Morgan fingerprint density at radius 1 is 0.445 bits per heavy atom. The van der Waals surface area contributed by atoms with Crippen molar-refractivity contribution in [3.05, 3.63) is 71.8 Å². The van der Waals surface area contributed by atoms with Crippen molar-refractivity contribution in [3.63, 3.8) is 0 Å². The molecule has 1 aliphatic rings. The molecular formula is C76H123N25O18. The number of hydrogen-bond donors (Lipinski definition) is 26. The van der Waals surface area contributed by atoms with Crippen molar-refractivity contribution in [1.82, 2.24) is 90.0 Å². The Hall–Kier alpha value is -12.3. The average Bonchev–Trinajstić information content (AvgIpc) is 1.75. The first-order valence-corrected chi connectivity index (χ1v) is 39.6. The molecule has 15 amide bonds. The molecule has 0 aliphatic carbocycles. The highest BCUT2D eigenvalue weighted by Gasteiger charge is 2.40. The molecule has 31 N–H and O–H groups in total. The molecule has 0 bridgehead atoms. The third-order valence-electron chi connectivity index (χ3n) is 19.5. The second-order valence-electron chi connectivity index (χ2n) is 29.5. The van der Waals surface area contributed by atoms with Crippen molar-refractivity contribution < 1.29 is 86.9 Å². The van der Waals surface area contributed by atoms with Gasteiger partial charge in [0.15, 0.2) is 17.9 Å². The maximum Gasteiger partial charge on any atom is 0.326 e. The number of likely N-dealkylation sites (tertiary alicyclic amines) is 1. The Labute approximate surface area is 690 Å². The predicted octanol–water partition coefficient (Wildman–Crippen LogP) is -6.72. The molecule has 0 unspecified atom stereocenters. The summed E-state index contributed by atoms with van der Waals surface area (Å²) in [6.07, 6.45) is -1.07. The minimum atomic E-state index is -1.74. The van der Waals surface area contributed by atoms with Crippen LogP contribution in [0.3, 0.4) is 0 Å². The summed E-state index contributed by atoms with van der Waals surface area (Å²) in [5.41, 5.74) is 29.0. The third-order valence-corrected chi connectivity index (χ3v) is 19.5. The van der Waals surface area contributed by atoms with Gasteiger partial charge in [0.2, 0.25) is 88.6 Å². The Kier molecular flexibility index (Phi) is 44.4. The molecule has 1 aliphatic heterocycles. The molecule has 15 atom stereocenters. The molecule has 0 radical (unpaired) electrons. The molecule has 1 saturated heterocycles. The zero-order valence-electron chi connectivity index (χ0n) is 68.6. The summed E-state index contributed by atoms with van der Waals surface area (Å²) in [6.45, 7) is 10.6. The van der Waals surface area contributed by atoms with Crippen molar-refractivity contribution in [2.24, 2.45) is 46.4 Å². The van der Waals surface area contributed by atoms with Gasteiger partial charge < -0.3 is 129 Å². The molecule has 0 aromatic heterocycles. The number of aliphatic hydroxyl groups excluding tert-OH is 1. The van der Waals surface area contributed by atoms with E-state index in [4.69, 9.17) is 44.9 Å². The number of nitrogens with two attached hydrogens (primary N) is 5. The predicted molar refractivity (Wildman–Crippen MR) is 436 cm³/mol. The van der Waals surface area contributed by atoms with Gasteiger partial charge in [0.1, 0.15) is 66.5 Å². The first kappa shape index (κ1) is 101. The van der Waals surface area contributed by atoms with E-state index in [2.05, 4.69) is 85.1 Å². The minimum Gasteiger partial charge on any atom is -0.480 e. The lowest BCUT2D eigenvalue weighted by Crippen LogP contribution is -2.62. The number of nitrogens with one attached hydrogen (secondary N) is 19. The Morgan fingerprint density at radius 3 is 1.36 bits per heavy atom. The molecule has 0 saturated carbocycles. The van der Waals surface area contributed by atoms with E-state index in [-0.39, 0.29) is 89.9 Å². The smallest absolute Gasteiger partial charge is 0.326 e. The lowest BCUT2D eigenvalue weighted by Gasteiger charge is -2.30. The molecule has 660 valence electrons. The van der Waals surface area contributed by atoms with Crippen LogP contribution >= 0.6 is 0 Å². The van der Waals surface area contributed by atoms with Gasteiger partial charge in [-0.25, -0.2) is 4.79 Å². The number of carbonyl (C=O) groups excluding carboxylic acids is 15. The molecule has 119 heavy (non-hydrogen) atoms. The van der Waals surface area contributed by atoms with Crippen molar-refractivity contribution >= 4 is 112 Å². The second kappa shape index (κ2) is 52.4. The average molecular weight is 1670 g/mol. The monoisotopic (exact) mass is 1670 g/mol. The first-order valence-electron chi connectivity index (χ1n) is 39.6. The van der Waals surface area contributed by atoms with E-state index >= 15 is 0 Å². The molecule has 1 heterocycles. The number of carbonyl (C=O) groups is 16. The Balaban J connectivity index is 1.76. The number of aliphatic hydroxyl groups is 1. The SMILES string of the molecule is CC[C@H](C)[C@H](NC(=O)[C@@H](NC(=O)[C@@H](NC(=O)[C@H](Cc1ccccc1)NC(=O)[C@H](C)NC(=O)[C@H](CCCNC(=N)N)NC(=O)CNC(=O)[C@@H]1CCCN1C(=O)CNC(=O)[C@H](CCCNC(=N)N)NC(=O)[C@H](CCC(N)=O)NC(=O)[C@@H](NC(=O)[C@@H](N)CCCNC(=N)N)[C@@H](C)CC)C(C)C)[C@@H](C)O)C(=O)NCC(=O)N[C@@H](Cc1ccccc1)C(=O)O. The van der Waals surface area contributed by atoms with Gasteiger partial charge in [0.05, 0.1) is 31.8 Å². The number of benzene rings is 2. The van der Waals surface area contributed by atoms with Gasteiger partial charge in [-0.1, -0.05) is 115 Å². The van der Waals surface area contributed by atoms with Crippen molar-refractivity contribution in [1.29, 1.82) is 16.2 Å². The molecule has 43 heteroatoms. The number of nitrogens with zero attached hydrogens (tertiary/aromatic N) is 1. The van der Waals surface area contributed by atoms with Crippen LogP contribution in [-0.2, 0) is 89.6 Å². The highest BCUT2D eigenvalue weighted by Crippen LogP contribution is 2.19. The molecule has 2 aromatic carbocycles. The Bertz CT molecular complexity index is 3800. The van der Waals surface area contributed by atoms with Crippen molar-refractivity contribution in [3.8, 4) is 0 Å². The zero-order chi connectivity index (χ0) is 89.2. The van der Waals surface area contributed by atoms with E-state index in [1.807, 2.05) is 0 Å². The molecular weight excluding hydrogens is 1550 g/mol. The number of carboxylic acids is 1. The zero-order valence-corrected chi connectivity index (χ0v) is 68.6. The maximum absolute atomic E-state index is 14.5. The van der Waals surface area contributed by atoms with E-state index in [9.17, 15) is 86.9 Å². The Morgan fingerprint density at radius 2 is 0.857 bits per heavy atom. The molecule has 2 aromatic rings. The first-order chi connectivity index (χ1) is 56.2. The number of primary amides is 1. The van der Waals surface area contributed by atoms with Crippen molar-refractivity contribution in [2.75, 3.05) is 45.8 Å². The fourth-order valence-corrected chi connectivity index (χ4v) is 12.3. The van der Waals surface area contributed by atoms with Gasteiger partial charge in [-0.15, -0.1) is 0 Å². The topological polar surface area (TPSA) is 711 Å². The van der Waals surface area contributed by atoms with Crippen LogP contribution < -0.4 is 114 Å². The summed E-state index contributed by atoms with van der Waals surface area (Å²) in [5, 5.41) is 83.7. The summed E-state index contributed by atoms with van der Waals surface area (Å²) < 4.78 is 0. The number of carboxylic acid groups (broad SMARTS) is 1. The summed E-state index contributed by atoms with van der Waals surface area (Å²) >= 11 is 0. The lowest BCUT2D eigenvalue weighted by molar-refractivity contribution is -0.141. The summed E-state index contributed by atoms with van der Waals surface area (Å²) in [4.78, 5) is 220. The van der Waals surface area contributed by atoms with Gasteiger partial charge in [-0.3, -0.25) is 88.1 Å². The van der Waals surface area contributed by atoms with Crippen LogP contribution in [0.1, 0.15) is 144 Å². The molecule has 43 nitrogen and oxygen atoms in total. The number of amides is 15. The van der Waals surface area contributed by atoms with Crippen LogP contribution in [0, 0.1) is 34.0 Å². The highest BCUT2D eigenvalue weighted by atomic mass is 16.4. The second-order valence-corrected chi connectivity index (χ2v) is 29.5. The normalized spacial score (nSPS) is 15.8. The van der Waals surface area contributed by atoms with Gasteiger partial charge in [-0.05, 0) is 101 Å². The van der Waals surface area contributed by atoms with Crippen LogP contribution in [-0.4, -0.2) is 252 Å². The molecule has 1 fully saturated rings. The van der Waals surface area contributed by atoms with E-state index in [0.29, 0.717) is 36.8 Å². The quantitative estimate of drug-likeness (QED) is 0.0166. The molecule has 0 spiro atoms. The van der Waals surface area contributed by atoms with Crippen LogP contribution in [0.4, 0.5) is 0 Å². The standard InChI is InChI=1S/C76H123N25O18/c1-9-41(5)59(69(114)89-38-56(105)93-52(73(118)119)36-46-23-15-12-16-24-46)99-72(117)61(44(8)102)100-70(115)58(40(3)4)97-67(112)51(35-45-21-13-11-14-22-45)96-62(107)43(7)91-65(110)49(27-19-33-87-76(83)84)92-55(104)37-88-68(113)53-28-20-34-101(53)57(106)39-90-64(109)48(26-18-32-86-75(81)82)94-66(111)50(29-30-54(78)103)95-71(116)60(42(6)10-2)98-63(108)47(77)25-17-31-85-74(79)80/h11-16,21-24,40-44,47-53,58-61,102H,9-10,17-20,25-39,77H2,1-8H3,(H2,78,103)(H,88,113)(H,89,114)(H,90,109)(H,91,110)(H,92,104)(H,93,105)(H,94,111)(H,95,116)(H,96,107)(H,97,112)(H,98,108)(H,99,117)(H,100,115)(H,118,119)(H4,79,80,85)(H4,81,82,86)(H4,83,84,87)/t41-,42-,43-,44+,47-,48-,49-,50-,51-,52-,53-,58-,59-,60-,61-/m0/s1. The highest BCUT2D eigenvalue weighted by molar-refractivity contribution is 6.00. The fraction of sp³-hybridized carbons (Fsp3) is 0.592. The third kappa shape index (κ3) is 37.2. The largest absolute Gasteiger partial charge is 0.480 e. The van der Waals surface area contributed by atoms with Gasteiger partial charge in [-0.2, -0.15) is 0 Å². The minimum absolute atomic E-state index is 0.0266. The summed E-state index contributed by atoms with van der Waals surface area (Å²) in [5.74, 6) is -17.3. The van der Waals surface area contributed by atoms with Gasteiger partial charge in [0.25, 0.3) is 0 Å². The van der Waals surface area contributed by atoms with Gasteiger partial charge >= 0.3 is 5.97 Å². The number of rotatable bonds is 53. The van der Waals surface area contributed by atoms with Gasteiger partial charge in [0, 0.05) is 45.4 Å². The van der Waals surface area contributed by atoms with Crippen molar-refractivity contribution in [2.45, 2.75) is 224 Å². The van der Waals surface area contributed by atoms with Crippen LogP contribution in [0.15, 0.2) is 60.7 Å². The fourth-order valence-electron chi connectivity index (χ4n) is 12.3. The van der Waals surface area contributed by atoms with E-state index < -0.39 is 229 Å². The summed E-state index contributed by atoms with van der Waals surface area (Å²) in [6, 6.07) is 0.232. The number of guanidine groups is 3. The number of aliphatic carboxylic acids is 1. The number of hydrogen-bond acceptors (Lipinski definition) is 21. The van der Waals surface area contributed by atoms with E-state index in [0.717, 1.165) is 4.90 Å². The maximum atomic E-state index is 14.5. The van der Waals surface area contributed by atoms with Crippen LogP contribution in [0.25, 0.3) is 0 Å². The summed E-state index contributed by atoms with van der Waals surface area (Å²) in [7, 11) is 0. The van der Waals surface area contributed by atoms with E-state index in [1.165, 1.54) is 13.8 Å². The lowest BCUT2D eigenvalue weighted by atomic mass is 9.96. The van der Waals surface area contributed by atoms with Crippen LogP contribution in [0.2, 0.25) is 0 Å². The molecule has 3 rings (SSSR count). The van der Waals surface area contributed by atoms with Crippen LogP contribution in [0.5, 0.6) is 0 Å².